The van der Waals surface area contributed by atoms with Crippen molar-refractivity contribution < 1.29 is 52.5 Å². The topological polar surface area (TPSA) is 202 Å². The quantitative estimate of drug-likeness (QED) is 0.168. The van der Waals surface area contributed by atoms with Crippen molar-refractivity contribution in [1.29, 1.82) is 0 Å². The highest BCUT2D eigenvalue weighted by molar-refractivity contribution is 5.91. The molecule has 1 aliphatic heterocycles. The van der Waals surface area contributed by atoms with Gasteiger partial charge in [-0.05, 0) is 75.3 Å². The van der Waals surface area contributed by atoms with E-state index in [1.807, 2.05) is 32.9 Å². The second-order valence-electron chi connectivity index (χ2n) is 13.3. The lowest BCUT2D eigenvalue weighted by Crippen LogP contribution is -2.54. The molecular formula is C37H50N4O11. The Labute approximate surface area is 303 Å². The summed E-state index contributed by atoms with van der Waals surface area (Å²) in [5.41, 5.74) is 6.79. The first-order valence-electron chi connectivity index (χ1n) is 17.3. The standard InChI is InChI=1S/C37H50N4O11/c1-22(2)19-29(39-32(42)21-48-31-10-8-7-9-24(31)5)34(44)40-30(35(45)50-25(6)51-37(47)49-23(3)4)20-26-11-13-28(14-12-26)52-36(46)41-17-15-27(16-18-41)33(38)43/h7-14,22-23,25,27,29-30H,15-21H2,1-6H3,(H2,38,43)(H,39,42)(H,40,44)/t25?,29-,30?/m0/s1. The second-order valence-corrected chi connectivity index (χ2v) is 13.3. The number of primary amides is 1. The summed E-state index contributed by atoms with van der Waals surface area (Å²) in [5.74, 6) is -1.98. The van der Waals surface area contributed by atoms with E-state index in [-0.39, 0.29) is 42.9 Å². The normalized spacial score (nSPS) is 14.8. The molecule has 1 aliphatic rings. The number of ether oxygens (including phenoxy) is 5. The van der Waals surface area contributed by atoms with E-state index in [1.54, 1.807) is 38.1 Å². The number of hydrogen-bond acceptors (Lipinski definition) is 11. The minimum absolute atomic E-state index is 0.0103. The van der Waals surface area contributed by atoms with Gasteiger partial charge in [0.1, 0.15) is 23.6 Å². The Morgan fingerprint density at radius 3 is 2.10 bits per heavy atom. The van der Waals surface area contributed by atoms with Crippen LogP contribution in [0.4, 0.5) is 9.59 Å². The molecule has 0 aliphatic carbocycles. The summed E-state index contributed by atoms with van der Waals surface area (Å²) in [7, 11) is 0. The maximum absolute atomic E-state index is 13.6. The van der Waals surface area contributed by atoms with Crippen LogP contribution in [0.15, 0.2) is 48.5 Å². The molecule has 52 heavy (non-hydrogen) atoms. The predicted molar refractivity (Wildman–Crippen MR) is 188 cm³/mol. The third-order valence-corrected chi connectivity index (χ3v) is 8.01. The van der Waals surface area contributed by atoms with Crippen molar-refractivity contribution in [3.8, 4) is 11.5 Å². The fourth-order valence-corrected chi connectivity index (χ4v) is 5.33. The summed E-state index contributed by atoms with van der Waals surface area (Å²) in [6, 6.07) is 11.2. The van der Waals surface area contributed by atoms with Crippen molar-refractivity contribution in [2.45, 2.75) is 91.7 Å². The fourth-order valence-electron chi connectivity index (χ4n) is 5.33. The molecule has 3 rings (SSSR count). The van der Waals surface area contributed by atoms with Gasteiger partial charge in [-0.15, -0.1) is 0 Å². The molecule has 3 atom stereocenters. The van der Waals surface area contributed by atoms with Crippen molar-refractivity contribution in [3.05, 3.63) is 59.7 Å². The lowest BCUT2D eigenvalue weighted by molar-refractivity contribution is -0.171. The van der Waals surface area contributed by atoms with Crippen LogP contribution in [0.1, 0.15) is 65.0 Å². The molecule has 2 aromatic rings. The van der Waals surface area contributed by atoms with Gasteiger partial charge in [0.15, 0.2) is 6.61 Å². The van der Waals surface area contributed by atoms with Crippen LogP contribution in [0.3, 0.4) is 0 Å². The number of rotatable bonds is 16. The molecule has 15 heteroatoms. The zero-order chi connectivity index (χ0) is 38.4. The highest BCUT2D eigenvalue weighted by atomic mass is 16.8. The molecule has 0 saturated carbocycles. The van der Waals surface area contributed by atoms with Crippen molar-refractivity contribution >= 4 is 35.9 Å². The van der Waals surface area contributed by atoms with Crippen LogP contribution in [-0.2, 0) is 39.8 Å². The van der Waals surface area contributed by atoms with Gasteiger partial charge in [-0.25, -0.2) is 14.4 Å². The number of nitrogens with one attached hydrogen (secondary N) is 2. The number of amides is 4. The average molecular weight is 727 g/mol. The number of carbonyl (C=O) groups is 6. The molecule has 2 unspecified atom stereocenters. The molecule has 15 nitrogen and oxygen atoms in total. The lowest BCUT2D eigenvalue weighted by atomic mass is 9.97. The summed E-state index contributed by atoms with van der Waals surface area (Å²) in [6.07, 6.45) is -2.32. The Hall–Kier alpha value is -5.34. The summed E-state index contributed by atoms with van der Waals surface area (Å²) < 4.78 is 26.5. The Balaban J connectivity index is 1.71. The van der Waals surface area contributed by atoms with E-state index in [0.717, 1.165) is 5.56 Å². The Morgan fingerprint density at radius 1 is 0.846 bits per heavy atom. The van der Waals surface area contributed by atoms with Gasteiger partial charge in [0.05, 0.1) is 6.10 Å². The van der Waals surface area contributed by atoms with E-state index in [0.29, 0.717) is 37.2 Å². The number of piperidine rings is 1. The Bertz CT molecular complexity index is 1540. The SMILES string of the molecule is Cc1ccccc1OCC(=O)N[C@@H](CC(C)C)C(=O)NC(Cc1ccc(OC(=O)N2CCC(C(N)=O)CC2)cc1)C(=O)OC(C)OC(=O)OC(C)C. The number of benzene rings is 2. The summed E-state index contributed by atoms with van der Waals surface area (Å²) in [6.45, 7) is 10.5. The van der Waals surface area contributed by atoms with Gasteiger partial charge in [-0.1, -0.05) is 44.2 Å². The van der Waals surface area contributed by atoms with Gasteiger partial charge in [0, 0.05) is 32.4 Å². The minimum Gasteiger partial charge on any atom is -0.484 e. The zero-order valence-electron chi connectivity index (χ0n) is 30.5. The Morgan fingerprint density at radius 2 is 1.50 bits per heavy atom. The monoisotopic (exact) mass is 726 g/mol. The molecule has 1 heterocycles. The number of nitrogens with two attached hydrogens (primary N) is 1. The van der Waals surface area contributed by atoms with Crippen LogP contribution in [0.5, 0.6) is 11.5 Å². The molecule has 0 spiro atoms. The van der Waals surface area contributed by atoms with Gasteiger partial charge in [-0.2, -0.15) is 0 Å². The van der Waals surface area contributed by atoms with Gasteiger partial charge in [0.25, 0.3) is 5.91 Å². The van der Waals surface area contributed by atoms with Crippen LogP contribution >= 0.6 is 0 Å². The molecule has 1 fully saturated rings. The van der Waals surface area contributed by atoms with Crippen LogP contribution in [0.25, 0.3) is 0 Å². The molecule has 284 valence electrons. The second kappa shape index (κ2) is 19.9. The van der Waals surface area contributed by atoms with E-state index in [9.17, 15) is 28.8 Å². The molecule has 0 radical (unpaired) electrons. The van der Waals surface area contributed by atoms with Crippen molar-refractivity contribution in [2.75, 3.05) is 19.7 Å². The van der Waals surface area contributed by atoms with E-state index in [2.05, 4.69) is 10.6 Å². The van der Waals surface area contributed by atoms with E-state index in [1.165, 1.54) is 24.0 Å². The predicted octanol–water partition coefficient (Wildman–Crippen LogP) is 3.78. The summed E-state index contributed by atoms with van der Waals surface area (Å²) in [4.78, 5) is 77.6. The van der Waals surface area contributed by atoms with Gasteiger partial charge >= 0.3 is 18.2 Å². The number of nitrogens with zero attached hydrogens (tertiary/aromatic N) is 1. The maximum Gasteiger partial charge on any atom is 0.511 e. The van der Waals surface area contributed by atoms with Crippen molar-refractivity contribution in [2.24, 2.45) is 17.6 Å². The molecule has 1 saturated heterocycles. The van der Waals surface area contributed by atoms with E-state index >= 15 is 0 Å². The first-order chi connectivity index (χ1) is 24.6. The molecule has 4 N–H and O–H groups in total. The largest absolute Gasteiger partial charge is 0.511 e. The van der Waals surface area contributed by atoms with Gasteiger partial charge < -0.3 is 45.0 Å². The van der Waals surface area contributed by atoms with Gasteiger partial charge in [-0.3, -0.25) is 14.4 Å². The number of carbonyl (C=O) groups excluding carboxylic acids is 6. The first kappa shape index (κ1) is 41.1. The molecule has 0 aromatic heterocycles. The summed E-state index contributed by atoms with van der Waals surface area (Å²) in [5, 5.41) is 5.39. The van der Waals surface area contributed by atoms with Crippen LogP contribution in [0, 0.1) is 18.8 Å². The number of para-hydroxylation sites is 1. The zero-order valence-corrected chi connectivity index (χ0v) is 30.5. The van der Waals surface area contributed by atoms with Crippen LogP contribution in [0.2, 0.25) is 0 Å². The van der Waals surface area contributed by atoms with Gasteiger partial charge in [0.2, 0.25) is 18.1 Å². The first-order valence-corrected chi connectivity index (χ1v) is 17.3. The number of esters is 1. The highest BCUT2D eigenvalue weighted by Crippen LogP contribution is 2.20. The molecular weight excluding hydrogens is 676 g/mol. The smallest absolute Gasteiger partial charge is 0.484 e. The van der Waals surface area contributed by atoms with Crippen molar-refractivity contribution in [3.63, 3.8) is 0 Å². The molecule has 2 aromatic carbocycles. The number of hydrogen-bond donors (Lipinski definition) is 3. The Kier molecular flexibility index (Phi) is 15.7. The van der Waals surface area contributed by atoms with E-state index < -0.39 is 54.5 Å². The molecule has 0 bridgehead atoms. The third kappa shape index (κ3) is 13.8. The van der Waals surface area contributed by atoms with E-state index in [4.69, 9.17) is 29.4 Å². The highest BCUT2D eigenvalue weighted by Gasteiger charge is 2.31. The average Bonchev–Trinajstić information content (AvgIpc) is 3.07. The fraction of sp³-hybridized carbons (Fsp3) is 0.514. The lowest BCUT2D eigenvalue weighted by Gasteiger charge is -2.29. The summed E-state index contributed by atoms with van der Waals surface area (Å²) >= 11 is 0. The number of aryl methyl sites for hydroxylation is 1. The minimum atomic E-state index is -1.35. The van der Waals surface area contributed by atoms with Crippen LogP contribution in [-0.4, -0.2) is 85.0 Å². The number of likely N-dealkylation sites (tertiary alicyclic amines) is 1. The molecule has 4 amide bonds. The maximum atomic E-state index is 13.6. The third-order valence-electron chi connectivity index (χ3n) is 8.01. The van der Waals surface area contributed by atoms with Crippen LogP contribution < -0.4 is 25.8 Å². The van der Waals surface area contributed by atoms with Crippen molar-refractivity contribution in [1.82, 2.24) is 15.5 Å².